The van der Waals surface area contributed by atoms with Crippen LogP contribution in [0, 0.1) is 23.0 Å². The van der Waals surface area contributed by atoms with Gasteiger partial charge in [-0.25, -0.2) is 0 Å². The van der Waals surface area contributed by atoms with Crippen molar-refractivity contribution >= 4 is 34.2 Å². The molecule has 1 unspecified atom stereocenters. The highest BCUT2D eigenvalue weighted by atomic mass is 32.2. The average molecular weight is 308 g/mol. The van der Waals surface area contributed by atoms with Crippen molar-refractivity contribution in [2.45, 2.75) is 20.3 Å². The molecule has 0 N–H and O–H groups in total. The van der Waals surface area contributed by atoms with Gasteiger partial charge in [-0.05, 0) is 18.9 Å². The maximum Gasteiger partial charge on any atom is 0.274 e. The largest absolute Gasteiger partial charge is 0.312 e. The topological polar surface area (TPSA) is 80.5 Å². The van der Waals surface area contributed by atoms with Crippen molar-refractivity contribution in [3.63, 3.8) is 0 Å². The highest BCUT2D eigenvalue weighted by Crippen LogP contribution is 2.33. The minimum Gasteiger partial charge on any atom is -0.312 e. The van der Waals surface area contributed by atoms with Crippen LogP contribution in [0.1, 0.15) is 18.9 Å². The smallest absolute Gasteiger partial charge is 0.274 e. The molecule has 1 aromatic rings. The third kappa shape index (κ3) is 3.41. The van der Waals surface area contributed by atoms with E-state index in [9.17, 15) is 19.7 Å². The molecule has 0 bridgehead atoms. The lowest BCUT2D eigenvalue weighted by molar-refractivity contribution is -0.385. The summed E-state index contributed by atoms with van der Waals surface area (Å²) in [7, 11) is 0. The van der Waals surface area contributed by atoms with Crippen LogP contribution >= 0.6 is 11.8 Å². The van der Waals surface area contributed by atoms with Gasteiger partial charge in [-0.1, -0.05) is 17.8 Å². The van der Waals surface area contributed by atoms with Crippen molar-refractivity contribution in [2.75, 3.05) is 17.2 Å². The second-order valence-corrected chi connectivity index (χ2v) is 6.25. The Balaban J connectivity index is 2.19. The molecule has 1 saturated heterocycles. The van der Waals surface area contributed by atoms with Gasteiger partial charge in [-0.2, -0.15) is 0 Å². The Labute approximate surface area is 126 Å². The van der Waals surface area contributed by atoms with Crippen LogP contribution in [0.4, 0.5) is 11.4 Å². The van der Waals surface area contributed by atoms with E-state index < -0.39 is 4.92 Å². The van der Waals surface area contributed by atoms with E-state index in [2.05, 4.69) is 0 Å². The molecule has 21 heavy (non-hydrogen) atoms. The number of anilines is 1. The third-order valence-electron chi connectivity index (χ3n) is 3.49. The zero-order valence-electron chi connectivity index (χ0n) is 11.9. The van der Waals surface area contributed by atoms with Crippen molar-refractivity contribution in [1.29, 1.82) is 0 Å². The van der Waals surface area contributed by atoms with Gasteiger partial charge < -0.3 is 4.90 Å². The van der Waals surface area contributed by atoms with Crippen LogP contribution in [0.3, 0.4) is 0 Å². The fourth-order valence-electron chi connectivity index (χ4n) is 2.46. The van der Waals surface area contributed by atoms with Gasteiger partial charge in [0, 0.05) is 31.7 Å². The van der Waals surface area contributed by atoms with E-state index in [-0.39, 0.29) is 22.6 Å². The third-order valence-corrected chi connectivity index (χ3v) is 4.54. The van der Waals surface area contributed by atoms with Gasteiger partial charge in [-0.3, -0.25) is 19.7 Å². The number of nitro benzene ring substituents is 1. The number of amides is 1. The van der Waals surface area contributed by atoms with Gasteiger partial charge in [0.05, 0.1) is 16.2 Å². The lowest BCUT2D eigenvalue weighted by Gasteiger charge is -2.18. The number of nitro groups is 1. The van der Waals surface area contributed by atoms with Gasteiger partial charge in [0.15, 0.2) is 5.12 Å². The van der Waals surface area contributed by atoms with E-state index in [4.69, 9.17) is 0 Å². The quantitative estimate of drug-likeness (QED) is 0.630. The molecule has 1 atom stereocenters. The van der Waals surface area contributed by atoms with Crippen molar-refractivity contribution in [3.8, 4) is 0 Å². The molecule has 7 heteroatoms. The molecule has 0 spiro atoms. The summed E-state index contributed by atoms with van der Waals surface area (Å²) in [5, 5.41) is 11.0. The predicted octanol–water partition coefficient (Wildman–Crippen LogP) is 2.54. The number of thioether (sulfide) groups is 1. The monoisotopic (exact) mass is 308 g/mol. The molecule has 1 fully saturated rings. The highest BCUT2D eigenvalue weighted by Gasteiger charge is 2.32. The van der Waals surface area contributed by atoms with Crippen LogP contribution in [0.15, 0.2) is 18.2 Å². The van der Waals surface area contributed by atoms with E-state index in [0.29, 0.717) is 30.0 Å². The first-order valence-electron chi connectivity index (χ1n) is 6.58. The molecule has 1 aromatic carbocycles. The first kappa shape index (κ1) is 15.5. The van der Waals surface area contributed by atoms with Crippen LogP contribution in [-0.2, 0) is 9.59 Å². The van der Waals surface area contributed by atoms with Crippen LogP contribution in [0.2, 0.25) is 0 Å². The van der Waals surface area contributed by atoms with E-state index in [1.165, 1.54) is 24.8 Å². The highest BCUT2D eigenvalue weighted by molar-refractivity contribution is 8.13. The molecule has 6 nitrogen and oxygen atoms in total. The second kappa shape index (κ2) is 6.26. The van der Waals surface area contributed by atoms with Crippen LogP contribution in [-0.4, -0.2) is 28.2 Å². The van der Waals surface area contributed by atoms with Crippen molar-refractivity contribution < 1.29 is 14.5 Å². The first-order chi connectivity index (χ1) is 9.90. The second-order valence-electron chi connectivity index (χ2n) is 5.06. The minimum atomic E-state index is -0.442. The summed E-state index contributed by atoms with van der Waals surface area (Å²) in [6.07, 6.45) is 0.377. The molecule has 1 amide bonds. The molecule has 1 heterocycles. The first-order valence-corrected chi connectivity index (χ1v) is 7.56. The van der Waals surface area contributed by atoms with E-state index in [1.807, 2.05) is 0 Å². The number of hydrogen-bond acceptors (Lipinski definition) is 5. The maximum atomic E-state index is 12.1. The molecule has 112 valence electrons. The van der Waals surface area contributed by atoms with Crippen molar-refractivity contribution in [1.82, 2.24) is 0 Å². The lowest BCUT2D eigenvalue weighted by atomic mass is 10.1. The maximum absolute atomic E-state index is 12.1. The average Bonchev–Trinajstić information content (AvgIpc) is 2.77. The van der Waals surface area contributed by atoms with E-state index >= 15 is 0 Å². The summed E-state index contributed by atoms with van der Waals surface area (Å²) in [5.74, 6) is 0.656. The Morgan fingerprint density at radius 2 is 2.24 bits per heavy atom. The molecular weight excluding hydrogens is 292 g/mol. The fourth-order valence-corrected chi connectivity index (χ4v) is 3.16. The molecule has 0 saturated carbocycles. The Hall–Kier alpha value is -1.89. The Morgan fingerprint density at radius 1 is 1.52 bits per heavy atom. The summed E-state index contributed by atoms with van der Waals surface area (Å²) >= 11 is 1.21. The molecule has 1 aliphatic rings. The van der Waals surface area contributed by atoms with Crippen LogP contribution < -0.4 is 4.90 Å². The van der Waals surface area contributed by atoms with Crippen LogP contribution in [0.25, 0.3) is 0 Å². The summed E-state index contributed by atoms with van der Waals surface area (Å²) in [6.45, 7) is 3.66. The van der Waals surface area contributed by atoms with Crippen molar-refractivity contribution in [3.05, 3.63) is 33.9 Å². The number of nitrogens with zero attached hydrogens (tertiary/aromatic N) is 2. The number of benzene rings is 1. The lowest BCUT2D eigenvalue weighted by Crippen LogP contribution is -2.25. The SMILES string of the molecule is CC(=O)SCC1CC(=O)N(c2cccc([N+](=O)[O-])c2C)C1. The van der Waals surface area contributed by atoms with E-state index in [0.717, 1.165) is 0 Å². The Bertz CT molecular complexity index is 603. The minimum absolute atomic E-state index is 0.0156. The summed E-state index contributed by atoms with van der Waals surface area (Å²) in [4.78, 5) is 35.2. The number of carbonyl (C=O) groups excluding carboxylic acids is 2. The van der Waals surface area contributed by atoms with Crippen LogP contribution in [0.5, 0.6) is 0 Å². The normalized spacial score (nSPS) is 18.1. The Morgan fingerprint density at radius 3 is 2.86 bits per heavy atom. The molecule has 0 aliphatic carbocycles. The van der Waals surface area contributed by atoms with Gasteiger partial charge >= 0.3 is 0 Å². The molecule has 0 aromatic heterocycles. The predicted molar refractivity (Wildman–Crippen MR) is 81.4 cm³/mol. The van der Waals surface area contributed by atoms with E-state index in [1.54, 1.807) is 24.0 Å². The molecule has 1 aliphatic heterocycles. The zero-order valence-corrected chi connectivity index (χ0v) is 12.7. The number of hydrogen-bond donors (Lipinski definition) is 0. The summed E-state index contributed by atoms with van der Waals surface area (Å²) in [6, 6.07) is 4.74. The van der Waals surface area contributed by atoms with Gasteiger partial charge in [0.1, 0.15) is 0 Å². The number of carbonyl (C=O) groups is 2. The Kier molecular flexibility index (Phi) is 4.62. The standard InChI is InChI=1S/C14H16N2O4S/c1-9-12(4-3-5-13(9)16(19)20)15-7-11(6-14(15)18)8-21-10(2)17/h3-5,11H,6-8H2,1-2H3. The number of rotatable bonds is 4. The van der Waals surface area contributed by atoms with Gasteiger partial charge in [0.2, 0.25) is 5.91 Å². The zero-order chi connectivity index (χ0) is 15.6. The molecule has 2 rings (SSSR count). The van der Waals surface area contributed by atoms with Gasteiger partial charge in [-0.15, -0.1) is 0 Å². The molecular formula is C14H16N2O4S. The molecule has 0 radical (unpaired) electrons. The fraction of sp³-hybridized carbons (Fsp3) is 0.429. The summed E-state index contributed by atoms with van der Waals surface area (Å²) in [5.41, 5.74) is 1.10. The van der Waals surface area contributed by atoms with Crippen molar-refractivity contribution in [2.24, 2.45) is 5.92 Å². The van der Waals surface area contributed by atoms with Gasteiger partial charge in [0.25, 0.3) is 5.69 Å². The summed E-state index contributed by atoms with van der Waals surface area (Å²) < 4.78 is 0.